The van der Waals surface area contributed by atoms with Gasteiger partial charge >= 0.3 is 0 Å². The molecule has 0 radical (unpaired) electrons. The third-order valence-electron chi connectivity index (χ3n) is 4.03. The topological polar surface area (TPSA) is 40.5 Å². The third kappa shape index (κ3) is 2.27. The van der Waals surface area contributed by atoms with Crippen molar-refractivity contribution >= 4 is 5.91 Å². The van der Waals surface area contributed by atoms with Gasteiger partial charge in [-0.3, -0.25) is 4.79 Å². The Labute approximate surface area is 107 Å². The zero-order chi connectivity index (χ0) is 12.5. The number of nitrogens with zero attached hydrogens (tertiary/aromatic N) is 1. The van der Waals surface area contributed by atoms with Crippen molar-refractivity contribution in [3.05, 3.63) is 34.9 Å². The van der Waals surface area contributed by atoms with E-state index in [2.05, 4.69) is 18.2 Å². The largest absolute Gasteiger partial charge is 0.391 e. The Kier molecular flexibility index (Phi) is 3.08. The zero-order valence-electron chi connectivity index (χ0n) is 10.6. The van der Waals surface area contributed by atoms with Gasteiger partial charge in [-0.05, 0) is 42.4 Å². The normalized spacial score (nSPS) is 22.3. The highest BCUT2D eigenvalue weighted by molar-refractivity contribution is 5.79. The van der Waals surface area contributed by atoms with E-state index in [4.69, 9.17) is 0 Å². The SMILES string of the molecule is O=C(Cc1ccc2c(c1)CCC2)N1CC[C@H](O)C1. The van der Waals surface area contributed by atoms with E-state index in [-0.39, 0.29) is 12.0 Å². The summed E-state index contributed by atoms with van der Waals surface area (Å²) in [7, 11) is 0. The predicted octanol–water partition coefficient (Wildman–Crippen LogP) is 1.31. The maximum Gasteiger partial charge on any atom is 0.227 e. The molecule has 1 atom stereocenters. The number of aliphatic hydroxyl groups is 1. The molecular weight excluding hydrogens is 226 g/mol. The van der Waals surface area contributed by atoms with E-state index >= 15 is 0 Å². The number of rotatable bonds is 2. The van der Waals surface area contributed by atoms with Gasteiger partial charge in [-0.15, -0.1) is 0 Å². The number of carbonyl (C=O) groups excluding carboxylic acids is 1. The van der Waals surface area contributed by atoms with Crippen molar-refractivity contribution in [2.24, 2.45) is 0 Å². The molecule has 18 heavy (non-hydrogen) atoms. The first-order valence-electron chi connectivity index (χ1n) is 6.79. The summed E-state index contributed by atoms with van der Waals surface area (Å²) in [4.78, 5) is 13.9. The highest BCUT2D eigenvalue weighted by atomic mass is 16.3. The molecule has 1 aromatic rings. The molecule has 1 amide bonds. The highest BCUT2D eigenvalue weighted by Crippen LogP contribution is 2.23. The van der Waals surface area contributed by atoms with Crippen molar-refractivity contribution in [3.8, 4) is 0 Å². The van der Waals surface area contributed by atoms with Gasteiger partial charge in [0.2, 0.25) is 5.91 Å². The lowest BCUT2D eigenvalue weighted by molar-refractivity contribution is -0.129. The summed E-state index contributed by atoms with van der Waals surface area (Å²) in [5, 5.41) is 9.45. The summed E-state index contributed by atoms with van der Waals surface area (Å²) in [6.45, 7) is 1.20. The van der Waals surface area contributed by atoms with E-state index < -0.39 is 0 Å². The minimum Gasteiger partial charge on any atom is -0.391 e. The molecule has 0 spiro atoms. The van der Waals surface area contributed by atoms with Crippen LogP contribution in [0, 0.1) is 0 Å². The molecule has 1 saturated heterocycles. The molecule has 1 fully saturated rings. The van der Waals surface area contributed by atoms with E-state index in [1.807, 2.05) is 0 Å². The number of aryl methyl sites for hydroxylation is 2. The van der Waals surface area contributed by atoms with Crippen molar-refractivity contribution < 1.29 is 9.90 Å². The van der Waals surface area contributed by atoms with E-state index in [0.29, 0.717) is 19.5 Å². The average molecular weight is 245 g/mol. The van der Waals surface area contributed by atoms with Crippen molar-refractivity contribution in [1.82, 2.24) is 4.90 Å². The molecule has 1 aromatic carbocycles. The van der Waals surface area contributed by atoms with Crippen LogP contribution in [-0.2, 0) is 24.1 Å². The van der Waals surface area contributed by atoms with Gasteiger partial charge in [0.1, 0.15) is 0 Å². The molecule has 1 aliphatic heterocycles. The monoisotopic (exact) mass is 245 g/mol. The number of carbonyl (C=O) groups is 1. The summed E-state index contributed by atoms with van der Waals surface area (Å²) in [6, 6.07) is 6.44. The van der Waals surface area contributed by atoms with Crippen molar-refractivity contribution in [2.75, 3.05) is 13.1 Å². The van der Waals surface area contributed by atoms with Gasteiger partial charge in [-0.25, -0.2) is 0 Å². The fourth-order valence-electron chi connectivity index (χ4n) is 2.99. The van der Waals surface area contributed by atoms with Crippen LogP contribution in [0.15, 0.2) is 18.2 Å². The molecule has 3 rings (SSSR count). The molecule has 0 bridgehead atoms. The van der Waals surface area contributed by atoms with Crippen LogP contribution in [0.2, 0.25) is 0 Å². The van der Waals surface area contributed by atoms with Crippen LogP contribution in [0.25, 0.3) is 0 Å². The number of benzene rings is 1. The summed E-state index contributed by atoms with van der Waals surface area (Å²) < 4.78 is 0. The van der Waals surface area contributed by atoms with Gasteiger partial charge < -0.3 is 10.0 Å². The van der Waals surface area contributed by atoms with Crippen molar-refractivity contribution in [2.45, 2.75) is 38.2 Å². The summed E-state index contributed by atoms with van der Waals surface area (Å²) in [6.07, 6.45) is 4.44. The van der Waals surface area contributed by atoms with E-state index in [0.717, 1.165) is 18.4 Å². The van der Waals surface area contributed by atoms with Gasteiger partial charge in [-0.1, -0.05) is 18.2 Å². The minimum atomic E-state index is -0.325. The number of fused-ring (bicyclic) bond motifs is 1. The van der Waals surface area contributed by atoms with Crippen LogP contribution in [0.1, 0.15) is 29.5 Å². The lowest BCUT2D eigenvalue weighted by Gasteiger charge is -2.15. The molecule has 1 N–H and O–H groups in total. The second-order valence-electron chi connectivity index (χ2n) is 5.42. The molecule has 2 aliphatic rings. The first kappa shape index (κ1) is 11.7. The van der Waals surface area contributed by atoms with Crippen LogP contribution in [0.4, 0.5) is 0 Å². The van der Waals surface area contributed by atoms with Crippen LogP contribution >= 0.6 is 0 Å². The Balaban J connectivity index is 1.67. The number of hydrogen-bond donors (Lipinski definition) is 1. The molecule has 0 aromatic heterocycles. The Morgan fingerprint density at radius 2 is 2.17 bits per heavy atom. The maximum absolute atomic E-state index is 12.1. The Bertz CT molecular complexity index is 470. The summed E-state index contributed by atoms with van der Waals surface area (Å²) >= 11 is 0. The molecule has 0 saturated carbocycles. The van der Waals surface area contributed by atoms with Gasteiger partial charge in [0.25, 0.3) is 0 Å². The highest BCUT2D eigenvalue weighted by Gasteiger charge is 2.24. The van der Waals surface area contributed by atoms with Gasteiger partial charge in [0.05, 0.1) is 12.5 Å². The summed E-state index contributed by atoms with van der Waals surface area (Å²) in [5.41, 5.74) is 3.98. The smallest absolute Gasteiger partial charge is 0.227 e. The zero-order valence-corrected chi connectivity index (χ0v) is 10.6. The second kappa shape index (κ2) is 4.73. The molecule has 1 aliphatic carbocycles. The Morgan fingerprint density at radius 3 is 2.94 bits per heavy atom. The molecule has 1 heterocycles. The fourth-order valence-corrected chi connectivity index (χ4v) is 2.99. The standard InChI is InChI=1S/C15H19NO2/c17-14-6-7-16(10-14)15(18)9-11-4-5-12-2-1-3-13(12)8-11/h4-5,8,14,17H,1-3,6-7,9-10H2/t14-/m0/s1. The average Bonchev–Trinajstić information content (AvgIpc) is 2.96. The van der Waals surface area contributed by atoms with Crippen molar-refractivity contribution in [3.63, 3.8) is 0 Å². The molecule has 3 nitrogen and oxygen atoms in total. The first-order valence-corrected chi connectivity index (χ1v) is 6.79. The summed E-state index contributed by atoms with van der Waals surface area (Å²) in [5.74, 6) is 0.143. The molecule has 3 heteroatoms. The fraction of sp³-hybridized carbons (Fsp3) is 0.533. The minimum absolute atomic E-state index is 0.143. The van der Waals surface area contributed by atoms with Gasteiger partial charge in [-0.2, -0.15) is 0 Å². The van der Waals surface area contributed by atoms with E-state index in [1.165, 1.54) is 24.0 Å². The second-order valence-corrected chi connectivity index (χ2v) is 5.42. The first-order chi connectivity index (χ1) is 8.72. The number of likely N-dealkylation sites (tertiary alicyclic amines) is 1. The third-order valence-corrected chi connectivity index (χ3v) is 4.03. The molecular formula is C15H19NO2. The lowest BCUT2D eigenvalue weighted by Crippen LogP contribution is -2.30. The number of hydrogen-bond acceptors (Lipinski definition) is 2. The quantitative estimate of drug-likeness (QED) is 0.853. The molecule has 0 unspecified atom stereocenters. The van der Waals surface area contributed by atoms with Crippen LogP contribution in [0.3, 0.4) is 0 Å². The van der Waals surface area contributed by atoms with Crippen LogP contribution < -0.4 is 0 Å². The number of aliphatic hydroxyl groups excluding tert-OH is 1. The van der Waals surface area contributed by atoms with Gasteiger partial charge in [0.15, 0.2) is 0 Å². The Hall–Kier alpha value is -1.35. The van der Waals surface area contributed by atoms with Crippen molar-refractivity contribution in [1.29, 1.82) is 0 Å². The van der Waals surface area contributed by atoms with Crippen LogP contribution in [-0.4, -0.2) is 35.1 Å². The van der Waals surface area contributed by atoms with Gasteiger partial charge in [0, 0.05) is 13.1 Å². The lowest BCUT2D eigenvalue weighted by atomic mass is 10.0. The Morgan fingerprint density at radius 1 is 1.33 bits per heavy atom. The van der Waals surface area contributed by atoms with Crippen LogP contribution in [0.5, 0.6) is 0 Å². The van der Waals surface area contributed by atoms with E-state index in [9.17, 15) is 9.90 Å². The van der Waals surface area contributed by atoms with E-state index in [1.54, 1.807) is 4.90 Å². The molecule has 96 valence electrons. The predicted molar refractivity (Wildman–Crippen MR) is 69.4 cm³/mol. The number of β-amino-alcohol motifs (C(OH)–C–C–N with tert-alkyl or cyclic N) is 1. The maximum atomic E-state index is 12.1. The number of amides is 1.